The highest BCUT2D eigenvalue weighted by Gasteiger charge is 2.18. The van der Waals surface area contributed by atoms with E-state index in [1.807, 2.05) is 0 Å². The Morgan fingerprint density at radius 3 is 2.45 bits per heavy atom. The fourth-order valence-electron chi connectivity index (χ4n) is 1.61. The summed E-state index contributed by atoms with van der Waals surface area (Å²) in [5, 5.41) is 9.38. The molecule has 0 saturated heterocycles. The van der Waals surface area contributed by atoms with Gasteiger partial charge >= 0.3 is 5.97 Å². The Balaban J connectivity index is 2.53. The Bertz CT molecular complexity index is 491. The number of aromatic hydroxyl groups is 1. The number of carbonyl (C=O) groups excluding carboxylic acids is 2. The maximum atomic E-state index is 12.0. The Kier molecular flexibility index (Phi) is 5.13. The standard InChI is InChI=1S/C15H21NO4/c1-15(2,3)20-14(19)9-8-13(18)16(4)11-6-5-7-12(17)10-11/h5-7,10,17H,8-9H2,1-4H3. The van der Waals surface area contributed by atoms with Crippen molar-refractivity contribution in [2.24, 2.45) is 0 Å². The molecule has 110 valence electrons. The van der Waals surface area contributed by atoms with Crippen molar-refractivity contribution in [1.29, 1.82) is 0 Å². The Morgan fingerprint density at radius 1 is 1.25 bits per heavy atom. The molecular weight excluding hydrogens is 258 g/mol. The molecule has 0 saturated carbocycles. The Labute approximate surface area is 119 Å². The largest absolute Gasteiger partial charge is 0.508 e. The highest BCUT2D eigenvalue weighted by molar-refractivity contribution is 5.94. The number of hydrogen-bond acceptors (Lipinski definition) is 4. The molecular formula is C15H21NO4. The fourth-order valence-corrected chi connectivity index (χ4v) is 1.61. The third-order valence-electron chi connectivity index (χ3n) is 2.55. The van der Waals surface area contributed by atoms with Gasteiger partial charge < -0.3 is 14.7 Å². The van der Waals surface area contributed by atoms with Crippen LogP contribution in [-0.2, 0) is 14.3 Å². The predicted molar refractivity (Wildman–Crippen MR) is 76.6 cm³/mol. The molecule has 0 aliphatic rings. The van der Waals surface area contributed by atoms with Crippen molar-refractivity contribution < 1.29 is 19.4 Å². The van der Waals surface area contributed by atoms with E-state index in [1.54, 1.807) is 40.0 Å². The molecule has 1 aromatic rings. The number of esters is 1. The zero-order valence-electron chi connectivity index (χ0n) is 12.3. The third kappa shape index (κ3) is 5.30. The van der Waals surface area contributed by atoms with Gasteiger partial charge in [-0.15, -0.1) is 0 Å². The molecule has 0 fully saturated rings. The van der Waals surface area contributed by atoms with Crippen LogP contribution in [0.2, 0.25) is 0 Å². The van der Waals surface area contributed by atoms with Gasteiger partial charge in [0.1, 0.15) is 11.4 Å². The van der Waals surface area contributed by atoms with Gasteiger partial charge in [-0.1, -0.05) is 6.07 Å². The average Bonchev–Trinajstić information content (AvgIpc) is 2.33. The van der Waals surface area contributed by atoms with Crippen molar-refractivity contribution >= 4 is 17.6 Å². The lowest BCUT2D eigenvalue weighted by atomic mass is 10.2. The minimum atomic E-state index is -0.544. The molecule has 1 amide bonds. The fraction of sp³-hybridized carbons (Fsp3) is 0.467. The van der Waals surface area contributed by atoms with E-state index >= 15 is 0 Å². The van der Waals surface area contributed by atoms with Crippen LogP contribution in [0.1, 0.15) is 33.6 Å². The number of anilines is 1. The number of nitrogens with zero attached hydrogens (tertiary/aromatic N) is 1. The highest BCUT2D eigenvalue weighted by Crippen LogP contribution is 2.20. The number of phenols is 1. The molecule has 0 spiro atoms. The first-order valence-electron chi connectivity index (χ1n) is 6.46. The highest BCUT2D eigenvalue weighted by atomic mass is 16.6. The molecule has 0 aliphatic heterocycles. The van der Waals surface area contributed by atoms with Crippen LogP contribution in [0, 0.1) is 0 Å². The SMILES string of the molecule is CN(C(=O)CCC(=O)OC(C)(C)C)c1cccc(O)c1. The van der Waals surface area contributed by atoms with Gasteiger partial charge in [-0.2, -0.15) is 0 Å². The lowest BCUT2D eigenvalue weighted by Crippen LogP contribution is -2.28. The van der Waals surface area contributed by atoms with Crippen molar-refractivity contribution in [3.05, 3.63) is 24.3 Å². The number of ether oxygens (including phenoxy) is 1. The molecule has 0 unspecified atom stereocenters. The van der Waals surface area contributed by atoms with E-state index in [9.17, 15) is 14.7 Å². The molecule has 5 heteroatoms. The molecule has 0 aliphatic carbocycles. The minimum absolute atomic E-state index is 0.0409. The van der Waals surface area contributed by atoms with Gasteiger partial charge in [-0.25, -0.2) is 0 Å². The predicted octanol–water partition coefficient (Wildman–Crippen LogP) is 2.48. The van der Waals surface area contributed by atoms with Crippen molar-refractivity contribution in [2.75, 3.05) is 11.9 Å². The van der Waals surface area contributed by atoms with E-state index in [0.717, 1.165) is 0 Å². The summed E-state index contributed by atoms with van der Waals surface area (Å²) >= 11 is 0. The van der Waals surface area contributed by atoms with E-state index < -0.39 is 11.6 Å². The van der Waals surface area contributed by atoms with Crippen LogP contribution in [0.4, 0.5) is 5.69 Å². The number of phenolic OH excluding ortho intramolecular Hbond substituents is 1. The van der Waals surface area contributed by atoms with Crippen molar-refractivity contribution in [3.8, 4) is 5.75 Å². The molecule has 0 atom stereocenters. The quantitative estimate of drug-likeness (QED) is 0.860. The number of benzene rings is 1. The van der Waals surface area contributed by atoms with Crippen molar-refractivity contribution in [2.45, 2.75) is 39.2 Å². The minimum Gasteiger partial charge on any atom is -0.508 e. The maximum Gasteiger partial charge on any atom is 0.306 e. The topological polar surface area (TPSA) is 66.8 Å². The molecule has 0 bridgehead atoms. The average molecular weight is 279 g/mol. The van der Waals surface area contributed by atoms with Crippen LogP contribution in [0.3, 0.4) is 0 Å². The van der Waals surface area contributed by atoms with Gasteiger partial charge in [0.25, 0.3) is 0 Å². The monoisotopic (exact) mass is 279 g/mol. The summed E-state index contributed by atoms with van der Waals surface area (Å²) in [6.07, 6.45) is 0.111. The maximum absolute atomic E-state index is 12.0. The second kappa shape index (κ2) is 6.41. The van der Waals surface area contributed by atoms with Crippen LogP contribution in [-0.4, -0.2) is 29.6 Å². The van der Waals surface area contributed by atoms with Crippen LogP contribution in [0.5, 0.6) is 5.75 Å². The second-order valence-corrected chi connectivity index (χ2v) is 5.56. The Hall–Kier alpha value is -2.04. The molecule has 1 rings (SSSR count). The smallest absolute Gasteiger partial charge is 0.306 e. The first-order valence-corrected chi connectivity index (χ1v) is 6.46. The number of rotatable bonds is 4. The lowest BCUT2D eigenvalue weighted by molar-refractivity contribution is -0.155. The third-order valence-corrected chi connectivity index (χ3v) is 2.55. The van der Waals surface area contributed by atoms with Gasteiger partial charge in [0, 0.05) is 25.2 Å². The van der Waals surface area contributed by atoms with Gasteiger partial charge in [-0.3, -0.25) is 9.59 Å². The Morgan fingerprint density at radius 2 is 1.90 bits per heavy atom. The summed E-state index contributed by atoms with van der Waals surface area (Å²) < 4.78 is 5.14. The zero-order chi connectivity index (χ0) is 15.3. The molecule has 5 nitrogen and oxygen atoms in total. The normalized spacial score (nSPS) is 11.0. The lowest BCUT2D eigenvalue weighted by Gasteiger charge is -2.20. The van der Waals surface area contributed by atoms with Crippen LogP contribution >= 0.6 is 0 Å². The van der Waals surface area contributed by atoms with Gasteiger partial charge in [-0.05, 0) is 32.9 Å². The van der Waals surface area contributed by atoms with Crippen molar-refractivity contribution in [3.63, 3.8) is 0 Å². The molecule has 20 heavy (non-hydrogen) atoms. The molecule has 0 aromatic heterocycles. The van der Waals surface area contributed by atoms with Gasteiger partial charge in [0.15, 0.2) is 0 Å². The summed E-state index contributed by atoms with van der Waals surface area (Å²) in [6, 6.07) is 6.39. The molecule has 1 aromatic carbocycles. The van der Waals surface area contributed by atoms with E-state index in [2.05, 4.69) is 0 Å². The second-order valence-electron chi connectivity index (χ2n) is 5.56. The summed E-state index contributed by atoms with van der Waals surface area (Å²) in [7, 11) is 1.60. The van der Waals surface area contributed by atoms with E-state index in [-0.39, 0.29) is 24.5 Å². The summed E-state index contributed by atoms with van der Waals surface area (Å²) in [5.41, 5.74) is 0.0382. The van der Waals surface area contributed by atoms with E-state index in [1.165, 1.54) is 17.0 Å². The number of hydrogen-bond donors (Lipinski definition) is 1. The van der Waals surface area contributed by atoms with Gasteiger partial charge in [0.2, 0.25) is 5.91 Å². The van der Waals surface area contributed by atoms with Crippen LogP contribution in [0.25, 0.3) is 0 Å². The van der Waals surface area contributed by atoms with Crippen LogP contribution in [0.15, 0.2) is 24.3 Å². The summed E-state index contributed by atoms with van der Waals surface area (Å²) in [6.45, 7) is 5.35. The summed E-state index contributed by atoms with van der Waals surface area (Å²) in [4.78, 5) is 24.9. The van der Waals surface area contributed by atoms with Gasteiger partial charge in [0.05, 0.1) is 6.42 Å². The first-order chi connectivity index (χ1) is 9.19. The number of amides is 1. The van der Waals surface area contributed by atoms with Crippen molar-refractivity contribution in [1.82, 2.24) is 0 Å². The zero-order valence-corrected chi connectivity index (χ0v) is 12.3. The van der Waals surface area contributed by atoms with E-state index in [0.29, 0.717) is 5.69 Å². The molecule has 0 heterocycles. The molecule has 0 radical (unpaired) electrons. The van der Waals surface area contributed by atoms with E-state index in [4.69, 9.17) is 4.74 Å². The first kappa shape index (κ1) is 16.0. The summed E-state index contributed by atoms with van der Waals surface area (Å²) in [5.74, 6) is -0.508. The number of carbonyl (C=O) groups is 2. The van der Waals surface area contributed by atoms with Crippen LogP contribution < -0.4 is 4.90 Å². The molecule has 1 N–H and O–H groups in total.